The smallest absolute Gasteiger partial charge is 0.332 e. The van der Waals surface area contributed by atoms with Gasteiger partial charge in [-0.05, 0) is 42.7 Å². The molecular formula is C23H28N4O2. The number of aryl methyl sites for hydroxylation is 2. The first-order chi connectivity index (χ1) is 14.0. The van der Waals surface area contributed by atoms with Crippen LogP contribution in [0.5, 0.6) is 0 Å². The van der Waals surface area contributed by atoms with Crippen LogP contribution in [0.4, 0.5) is 5.69 Å². The number of rotatable bonds is 4. The summed E-state index contributed by atoms with van der Waals surface area (Å²) in [7, 11) is 3.22. The normalized spacial score (nSPS) is 15.2. The van der Waals surface area contributed by atoms with Crippen molar-refractivity contribution in [3.05, 3.63) is 68.5 Å². The van der Waals surface area contributed by atoms with Crippen LogP contribution in [0, 0.1) is 5.92 Å². The van der Waals surface area contributed by atoms with Gasteiger partial charge < -0.3 is 4.90 Å². The number of anilines is 1. The van der Waals surface area contributed by atoms with Crippen molar-refractivity contribution >= 4 is 16.7 Å². The molecule has 0 radical (unpaired) electrons. The second kappa shape index (κ2) is 7.85. The molecule has 0 bridgehead atoms. The molecule has 0 atom stereocenters. The fourth-order valence-electron chi connectivity index (χ4n) is 4.48. The zero-order valence-electron chi connectivity index (χ0n) is 17.4. The highest BCUT2D eigenvalue weighted by molar-refractivity contribution is 5.90. The zero-order valence-corrected chi connectivity index (χ0v) is 17.4. The predicted octanol–water partition coefficient (Wildman–Crippen LogP) is 2.65. The fourth-order valence-corrected chi connectivity index (χ4v) is 4.48. The van der Waals surface area contributed by atoms with Gasteiger partial charge >= 0.3 is 5.69 Å². The van der Waals surface area contributed by atoms with Crippen LogP contribution in [0.2, 0.25) is 0 Å². The molecule has 1 aliphatic rings. The van der Waals surface area contributed by atoms with Crippen LogP contribution in [0.15, 0.2) is 46.1 Å². The van der Waals surface area contributed by atoms with Crippen LogP contribution in [-0.2, 0) is 26.9 Å². The lowest BCUT2D eigenvalue weighted by Gasteiger charge is -2.35. The minimum absolute atomic E-state index is 0.257. The van der Waals surface area contributed by atoms with Crippen LogP contribution in [0.3, 0.4) is 0 Å². The third-order valence-corrected chi connectivity index (χ3v) is 6.20. The molecule has 29 heavy (non-hydrogen) atoms. The van der Waals surface area contributed by atoms with E-state index in [4.69, 9.17) is 0 Å². The Morgan fingerprint density at radius 3 is 2.38 bits per heavy atom. The molecule has 0 unspecified atom stereocenters. The monoisotopic (exact) mass is 392 g/mol. The Morgan fingerprint density at radius 1 is 1.03 bits per heavy atom. The molecule has 0 amide bonds. The molecule has 0 saturated carbocycles. The van der Waals surface area contributed by atoms with Crippen LogP contribution in [0.25, 0.3) is 11.0 Å². The van der Waals surface area contributed by atoms with Crippen LogP contribution in [0.1, 0.15) is 30.9 Å². The summed E-state index contributed by atoms with van der Waals surface area (Å²) in [6.45, 7) is 3.91. The highest BCUT2D eigenvalue weighted by atomic mass is 16.2. The van der Waals surface area contributed by atoms with Gasteiger partial charge in [0.2, 0.25) is 0 Å². The Hall–Kier alpha value is -2.89. The fraction of sp³-hybridized carbons (Fsp3) is 0.435. The third-order valence-electron chi connectivity index (χ3n) is 6.20. The van der Waals surface area contributed by atoms with Gasteiger partial charge in [-0.15, -0.1) is 0 Å². The zero-order chi connectivity index (χ0) is 20.5. The predicted molar refractivity (Wildman–Crippen MR) is 117 cm³/mol. The summed E-state index contributed by atoms with van der Waals surface area (Å²) >= 11 is 0. The van der Waals surface area contributed by atoms with Crippen molar-refractivity contribution in [2.24, 2.45) is 20.0 Å². The van der Waals surface area contributed by atoms with Gasteiger partial charge in [0, 0.05) is 33.4 Å². The Labute approximate surface area is 170 Å². The number of hydrogen-bond donors (Lipinski definition) is 0. The van der Waals surface area contributed by atoms with E-state index >= 15 is 0 Å². The van der Waals surface area contributed by atoms with Gasteiger partial charge in [0.15, 0.2) is 5.65 Å². The van der Waals surface area contributed by atoms with E-state index in [1.54, 1.807) is 14.1 Å². The van der Waals surface area contributed by atoms with Crippen molar-refractivity contribution in [2.75, 3.05) is 18.0 Å². The molecule has 3 heterocycles. The topological polar surface area (TPSA) is 60.1 Å². The van der Waals surface area contributed by atoms with Crippen LogP contribution >= 0.6 is 0 Å². The lowest BCUT2D eigenvalue weighted by molar-refractivity contribution is 0.403. The minimum Gasteiger partial charge on any atom is -0.370 e. The highest BCUT2D eigenvalue weighted by Gasteiger charge is 2.25. The van der Waals surface area contributed by atoms with E-state index in [9.17, 15) is 9.59 Å². The maximum absolute atomic E-state index is 13.0. The standard InChI is InChI=1S/C23H28N4O2/c1-4-18-15-24-21-19(22(28)26(3)23(29)25(21)2)20(18)27-12-10-17(11-13-27)14-16-8-6-5-7-9-16/h5-9,15,17H,4,10-14H2,1-3H3. The summed E-state index contributed by atoms with van der Waals surface area (Å²) in [5, 5.41) is 0.565. The van der Waals surface area contributed by atoms with Crippen molar-refractivity contribution in [3.63, 3.8) is 0 Å². The number of pyridine rings is 1. The Kier molecular flexibility index (Phi) is 5.26. The summed E-state index contributed by atoms with van der Waals surface area (Å²) in [5.41, 5.74) is 3.29. The molecule has 1 fully saturated rings. The first kappa shape index (κ1) is 19.4. The molecular weight excluding hydrogens is 364 g/mol. The average Bonchev–Trinajstić information content (AvgIpc) is 2.76. The SMILES string of the molecule is CCc1cnc2c(c1N1CCC(Cc3ccccc3)CC1)c(=O)n(C)c(=O)n2C. The van der Waals surface area contributed by atoms with Crippen LogP contribution < -0.4 is 16.1 Å². The second-order valence-corrected chi connectivity index (χ2v) is 8.01. The second-order valence-electron chi connectivity index (χ2n) is 8.01. The third kappa shape index (κ3) is 3.48. The molecule has 1 saturated heterocycles. The Balaban J connectivity index is 1.69. The van der Waals surface area contributed by atoms with E-state index in [0.29, 0.717) is 17.0 Å². The van der Waals surface area contributed by atoms with Gasteiger partial charge in [0.05, 0.1) is 5.69 Å². The van der Waals surface area contributed by atoms with Gasteiger partial charge in [-0.3, -0.25) is 13.9 Å². The van der Waals surface area contributed by atoms with Crippen molar-refractivity contribution in [3.8, 4) is 0 Å². The van der Waals surface area contributed by atoms with Crippen molar-refractivity contribution in [1.29, 1.82) is 0 Å². The summed E-state index contributed by atoms with van der Waals surface area (Å²) in [6.07, 6.45) is 5.91. The number of fused-ring (bicyclic) bond motifs is 1. The number of nitrogens with zero attached hydrogens (tertiary/aromatic N) is 4. The molecule has 6 heteroatoms. The molecule has 4 rings (SSSR count). The maximum Gasteiger partial charge on any atom is 0.332 e. The van der Waals surface area contributed by atoms with Gasteiger partial charge in [-0.1, -0.05) is 37.3 Å². The summed E-state index contributed by atoms with van der Waals surface area (Å²) in [5.74, 6) is 0.652. The van der Waals surface area contributed by atoms with Crippen molar-refractivity contribution in [2.45, 2.75) is 32.6 Å². The number of piperidine rings is 1. The quantitative estimate of drug-likeness (QED) is 0.685. The van der Waals surface area contributed by atoms with E-state index in [-0.39, 0.29) is 11.2 Å². The number of benzene rings is 1. The molecule has 0 N–H and O–H groups in total. The van der Waals surface area contributed by atoms with E-state index in [1.807, 2.05) is 6.20 Å². The van der Waals surface area contributed by atoms with E-state index in [1.165, 1.54) is 14.7 Å². The molecule has 152 valence electrons. The Bertz CT molecular complexity index is 1140. The van der Waals surface area contributed by atoms with Gasteiger partial charge in [0.25, 0.3) is 5.56 Å². The lowest BCUT2D eigenvalue weighted by atomic mass is 9.89. The van der Waals surface area contributed by atoms with Crippen molar-refractivity contribution < 1.29 is 0 Å². The van der Waals surface area contributed by atoms with E-state index in [2.05, 4.69) is 47.1 Å². The largest absolute Gasteiger partial charge is 0.370 e. The van der Waals surface area contributed by atoms with Gasteiger partial charge in [0.1, 0.15) is 5.39 Å². The lowest BCUT2D eigenvalue weighted by Crippen LogP contribution is -2.40. The molecule has 0 aliphatic carbocycles. The minimum atomic E-state index is -0.341. The average molecular weight is 393 g/mol. The molecule has 1 aliphatic heterocycles. The first-order valence-electron chi connectivity index (χ1n) is 10.4. The van der Waals surface area contributed by atoms with Crippen LogP contribution in [-0.4, -0.2) is 27.2 Å². The summed E-state index contributed by atoms with van der Waals surface area (Å²) in [6, 6.07) is 10.6. The molecule has 6 nitrogen and oxygen atoms in total. The molecule has 1 aromatic carbocycles. The van der Waals surface area contributed by atoms with E-state index < -0.39 is 0 Å². The first-order valence-corrected chi connectivity index (χ1v) is 10.4. The molecule has 2 aromatic heterocycles. The Morgan fingerprint density at radius 2 is 1.72 bits per heavy atom. The molecule has 0 spiro atoms. The molecule has 3 aromatic rings. The maximum atomic E-state index is 13.0. The summed E-state index contributed by atoms with van der Waals surface area (Å²) in [4.78, 5) is 32.1. The van der Waals surface area contributed by atoms with Gasteiger partial charge in [-0.2, -0.15) is 0 Å². The summed E-state index contributed by atoms with van der Waals surface area (Å²) < 4.78 is 2.66. The number of hydrogen-bond acceptors (Lipinski definition) is 4. The highest BCUT2D eigenvalue weighted by Crippen LogP contribution is 2.32. The van der Waals surface area contributed by atoms with Crippen molar-refractivity contribution in [1.82, 2.24) is 14.1 Å². The van der Waals surface area contributed by atoms with Gasteiger partial charge in [-0.25, -0.2) is 9.78 Å². The van der Waals surface area contributed by atoms with E-state index in [0.717, 1.165) is 50.0 Å². The number of aromatic nitrogens is 3.